The van der Waals surface area contributed by atoms with Gasteiger partial charge in [-0.15, -0.1) is 0 Å². The maximum Gasteiger partial charge on any atom is 0.309 e. The van der Waals surface area contributed by atoms with Gasteiger partial charge in [0.1, 0.15) is 12.3 Å². The first-order valence-corrected chi connectivity index (χ1v) is 11.4. The fraction of sp³-hybridized carbons (Fsp3) is 0.913. The third kappa shape index (κ3) is 5.54. The lowest BCUT2D eigenvalue weighted by molar-refractivity contribution is -0.158. The van der Waals surface area contributed by atoms with E-state index in [1.54, 1.807) is 0 Å². The van der Waals surface area contributed by atoms with Gasteiger partial charge < -0.3 is 4.74 Å². The molecule has 4 heteroatoms. The Morgan fingerprint density at radius 3 is 2.19 bits per heavy atom. The van der Waals surface area contributed by atoms with Crippen molar-refractivity contribution in [2.45, 2.75) is 109 Å². The quantitative estimate of drug-likeness (QED) is 0.425. The van der Waals surface area contributed by atoms with E-state index in [-0.39, 0.29) is 30.5 Å². The van der Waals surface area contributed by atoms with Crippen molar-refractivity contribution >= 4 is 12.7 Å². The van der Waals surface area contributed by atoms with Gasteiger partial charge in [0.15, 0.2) is 0 Å². The Balaban J connectivity index is 1.38. The van der Waals surface area contributed by atoms with Crippen LogP contribution in [-0.4, -0.2) is 31.0 Å². The van der Waals surface area contributed by atoms with E-state index in [0.29, 0.717) is 12.8 Å². The Hall–Kier alpha value is -0.930. The molecule has 0 radical (unpaired) electrons. The minimum atomic E-state index is -1.02. The van der Waals surface area contributed by atoms with Crippen LogP contribution in [0.4, 0.5) is 4.39 Å². The molecule has 27 heavy (non-hydrogen) atoms. The van der Waals surface area contributed by atoms with Crippen molar-refractivity contribution in [1.82, 2.24) is 0 Å². The highest BCUT2D eigenvalue weighted by Crippen LogP contribution is 2.42. The van der Waals surface area contributed by atoms with E-state index in [0.717, 1.165) is 30.6 Å². The van der Waals surface area contributed by atoms with Gasteiger partial charge >= 0.3 is 5.97 Å². The normalized spacial score (nSPS) is 40.3. The van der Waals surface area contributed by atoms with Crippen LogP contribution in [0.3, 0.4) is 0 Å². The molecule has 3 atom stereocenters. The predicted octanol–water partition coefficient (Wildman–Crippen LogP) is 5.90. The van der Waals surface area contributed by atoms with Gasteiger partial charge in [-0.05, 0) is 75.8 Å². The van der Waals surface area contributed by atoms with Crippen LogP contribution in [0.25, 0.3) is 0 Å². The van der Waals surface area contributed by atoms with Crippen molar-refractivity contribution in [2.75, 3.05) is 0 Å². The van der Waals surface area contributed by atoms with Crippen LogP contribution in [0.15, 0.2) is 4.99 Å². The molecule has 3 aliphatic carbocycles. The average molecular weight is 380 g/mol. The van der Waals surface area contributed by atoms with E-state index in [9.17, 15) is 9.18 Å². The Morgan fingerprint density at radius 2 is 1.63 bits per heavy atom. The lowest BCUT2D eigenvalue weighted by Gasteiger charge is -2.38. The highest BCUT2D eigenvalue weighted by molar-refractivity contribution is 5.72. The molecule has 3 nitrogen and oxygen atoms in total. The predicted molar refractivity (Wildman–Crippen MR) is 108 cm³/mol. The SMILES string of the molecule is C=NC1CCC(OC(=O)C2CCC(C3CCC(CCC)CC3)CC2)CC1F. The highest BCUT2D eigenvalue weighted by Gasteiger charge is 2.36. The fourth-order valence-corrected chi connectivity index (χ4v) is 5.82. The number of hydrogen-bond acceptors (Lipinski definition) is 3. The summed E-state index contributed by atoms with van der Waals surface area (Å²) in [5, 5.41) is 0. The molecule has 154 valence electrons. The summed E-state index contributed by atoms with van der Waals surface area (Å²) in [6.45, 7) is 5.75. The van der Waals surface area contributed by atoms with E-state index in [4.69, 9.17) is 4.74 Å². The van der Waals surface area contributed by atoms with Crippen molar-refractivity contribution in [1.29, 1.82) is 0 Å². The van der Waals surface area contributed by atoms with Crippen molar-refractivity contribution < 1.29 is 13.9 Å². The first kappa shape index (κ1) is 20.8. The summed E-state index contributed by atoms with van der Waals surface area (Å²) in [4.78, 5) is 16.4. The van der Waals surface area contributed by atoms with Gasteiger partial charge in [-0.2, -0.15) is 0 Å². The van der Waals surface area contributed by atoms with Gasteiger partial charge in [0, 0.05) is 6.42 Å². The van der Waals surface area contributed by atoms with Crippen LogP contribution in [0.2, 0.25) is 0 Å². The number of alkyl halides is 1. The van der Waals surface area contributed by atoms with E-state index in [1.807, 2.05) is 0 Å². The largest absolute Gasteiger partial charge is 0.462 e. The third-order valence-electron chi connectivity index (χ3n) is 7.57. The number of carbonyl (C=O) groups is 1. The molecule has 3 aliphatic rings. The molecule has 0 N–H and O–H groups in total. The average Bonchev–Trinajstić information content (AvgIpc) is 2.69. The molecule has 3 saturated carbocycles. The molecule has 3 unspecified atom stereocenters. The second kappa shape index (κ2) is 10.0. The summed E-state index contributed by atoms with van der Waals surface area (Å²) in [7, 11) is 0. The molecule has 3 rings (SSSR count). The van der Waals surface area contributed by atoms with E-state index >= 15 is 0 Å². The Labute approximate surface area is 164 Å². The third-order valence-corrected chi connectivity index (χ3v) is 7.57. The van der Waals surface area contributed by atoms with Crippen molar-refractivity contribution in [3.63, 3.8) is 0 Å². The summed E-state index contributed by atoms with van der Waals surface area (Å²) in [6.07, 6.45) is 12.9. The van der Waals surface area contributed by atoms with E-state index < -0.39 is 6.17 Å². The highest BCUT2D eigenvalue weighted by atomic mass is 19.1. The van der Waals surface area contributed by atoms with E-state index in [1.165, 1.54) is 51.4 Å². The van der Waals surface area contributed by atoms with Crippen LogP contribution in [0.1, 0.15) is 90.4 Å². The number of carbonyl (C=O) groups excluding carboxylic acids is 1. The smallest absolute Gasteiger partial charge is 0.309 e. The van der Waals surface area contributed by atoms with Gasteiger partial charge in [0.05, 0.1) is 12.0 Å². The zero-order valence-corrected chi connectivity index (χ0v) is 17.1. The molecule has 0 aliphatic heterocycles. The van der Waals surface area contributed by atoms with E-state index in [2.05, 4.69) is 18.6 Å². The Bertz CT molecular complexity index is 481. The summed E-state index contributed by atoms with van der Waals surface area (Å²) in [6, 6.07) is -0.317. The molecule has 0 aromatic heterocycles. The molecule has 0 aromatic rings. The van der Waals surface area contributed by atoms with Gasteiger partial charge in [-0.25, -0.2) is 4.39 Å². The zero-order chi connectivity index (χ0) is 19.2. The lowest BCUT2D eigenvalue weighted by atomic mass is 9.69. The minimum Gasteiger partial charge on any atom is -0.462 e. The number of nitrogens with zero attached hydrogens (tertiary/aromatic N) is 1. The first-order valence-electron chi connectivity index (χ1n) is 11.4. The topological polar surface area (TPSA) is 38.7 Å². The number of rotatable bonds is 6. The fourth-order valence-electron chi connectivity index (χ4n) is 5.82. The molecular weight excluding hydrogens is 341 g/mol. The monoisotopic (exact) mass is 379 g/mol. The summed E-state index contributed by atoms with van der Waals surface area (Å²) >= 11 is 0. The molecule has 0 saturated heterocycles. The molecule has 0 aromatic carbocycles. The van der Waals surface area contributed by atoms with Crippen molar-refractivity contribution in [3.05, 3.63) is 0 Å². The van der Waals surface area contributed by atoms with Crippen LogP contribution >= 0.6 is 0 Å². The van der Waals surface area contributed by atoms with Gasteiger partial charge in [0.2, 0.25) is 0 Å². The van der Waals surface area contributed by atoms with Gasteiger partial charge in [0.25, 0.3) is 0 Å². The number of halogens is 1. The van der Waals surface area contributed by atoms with Crippen molar-refractivity contribution in [2.24, 2.45) is 28.7 Å². The van der Waals surface area contributed by atoms with Crippen LogP contribution < -0.4 is 0 Å². The Kier molecular flexibility index (Phi) is 7.72. The lowest BCUT2D eigenvalue weighted by Crippen LogP contribution is -2.36. The second-order valence-corrected chi connectivity index (χ2v) is 9.32. The molecule has 0 heterocycles. The molecular formula is C23H38FNO2. The standard InChI is InChI=1S/C23H38FNO2/c1-3-4-16-5-7-17(8-6-16)18-9-11-19(12-10-18)23(26)27-20-13-14-22(25-2)21(24)15-20/h16-22H,2-15H2,1H3. The summed E-state index contributed by atoms with van der Waals surface area (Å²) in [5.41, 5.74) is 0. The van der Waals surface area contributed by atoms with Crippen LogP contribution in [0, 0.1) is 23.7 Å². The number of hydrogen-bond donors (Lipinski definition) is 0. The summed E-state index contributed by atoms with van der Waals surface area (Å²) < 4.78 is 19.7. The molecule has 0 amide bonds. The van der Waals surface area contributed by atoms with Crippen LogP contribution in [0.5, 0.6) is 0 Å². The number of ether oxygens (including phenoxy) is 1. The molecule has 3 fully saturated rings. The second-order valence-electron chi connectivity index (χ2n) is 9.32. The first-order chi connectivity index (χ1) is 13.1. The number of esters is 1. The maximum absolute atomic E-state index is 14.0. The minimum absolute atomic E-state index is 0.0333. The van der Waals surface area contributed by atoms with Gasteiger partial charge in [-0.3, -0.25) is 9.79 Å². The van der Waals surface area contributed by atoms with Gasteiger partial charge in [-0.1, -0.05) is 32.6 Å². The van der Waals surface area contributed by atoms with Crippen LogP contribution in [-0.2, 0) is 9.53 Å². The summed E-state index contributed by atoms with van der Waals surface area (Å²) in [5.74, 6) is 2.60. The van der Waals surface area contributed by atoms with Crippen molar-refractivity contribution in [3.8, 4) is 0 Å². The Morgan fingerprint density at radius 1 is 1.00 bits per heavy atom. The molecule has 0 spiro atoms. The number of aliphatic imine (C=N–C) groups is 1. The zero-order valence-electron chi connectivity index (χ0n) is 17.1. The maximum atomic E-state index is 14.0. The molecule has 0 bridgehead atoms.